The van der Waals surface area contributed by atoms with Crippen LogP contribution in [0.3, 0.4) is 0 Å². The zero-order valence-electron chi connectivity index (χ0n) is 33.7. The second-order valence-electron chi connectivity index (χ2n) is 16.4. The van der Waals surface area contributed by atoms with Gasteiger partial charge in [-0.1, -0.05) is 18.2 Å². The van der Waals surface area contributed by atoms with Crippen LogP contribution in [-0.4, -0.2) is 94.9 Å². The Morgan fingerprint density at radius 1 is 0.415 bits per heavy atom. The van der Waals surface area contributed by atoms with E-state index >= 15 is 0 Å². The van der Waals surface area contributed by atoms with E-state index in [1.54, 1.807) is 0 Å². The lowest BCUT2D eigenvalue weighted by molar-refractivity contribution is -0.00321. The third kappa shape index (κ3) is 7.22. The Bertz CT molecular complexity index is 2880. The Morgan fingerprint density at radius 3 is 1.26 bits per heavy atom. The van der Waals surface area contributed by atoms with Gasteiger partial charge in [-0.15, -0.1) is 0 Å². The van der Waals surface area contributed by atoms with Gasteiger partial charge in [0.15, 0.2) is 46.7 Å². The molecule has 0 aromatic heterocycles. The Hall–Kier alpha value is -7.80. The largest absolute Gasteiger partial charge is 0.508 e. The first-order valence-corrected chi connectivity index (χ1v) is 20.2. The highest BCUT2D eigenvalue weighted by Gasteiger charge is 2.46. The smallest absolute Gasteiger partial charge is 0.157 e. The second-order valence-corrected chi connectivity index (χ2v) is 16.4. The summed E-state index contributed by atoms with van der Waals surface area (Å²) in [4.78, 5) is 0. The van der Waals surface area contributed by atoms with Gasteiger partial charge in [0.25, 0.3) is 0 Å². The molecule has 3 aliphatic heterocycles. The summed E-state index contributed by atoms with van der Waals surface area (Å²) in [7, 11) is 0. The normalized spacial score (nSPS) is 23.2. The molecule has 18 heteroatoms. The van der Waals surface area contributed by atoms with E-state index in [0.717, 1.165) is 42.5 Å². The Labute approximate surface area is 367 Å². The van der Waals surface area contributed by atoms with Crippen molar-refractivity contribution in [3.8, 4) is 86.2 Å². The van der Waals surface area contributed by atoms with E-state index in [2.05, 4.69) is 0 Å². The van der Waals surface area contributed by atoms with Crippen LogP contribution in [0, 0.1) is 0 Å². The highest BCUT2D eigenvalue weighted by atomic mass is 16.5. The number of aromatic hydroxyl groups is 12. The summed E-state index contributed by atoms with van der Waals surface area (Å²) in [6.07, 6.45) is -9.99. The van der Waals surface area contributed by atoms with Crippen LogP contribution in [0.15, 0.2) is 78.9 Å². The summed E-state index contributed by atoms with van der Waals surface area (Å²) in [5.74, 6) is -9.15. The van der Waals surface area contributed by atoms with Gasteiger partial charge in [-0.05, 0) is 65.9 Å². The minimum Gasteiger partial charge on any atom is -0.508 e. The molecule has 6 aromatic carbocycles. The molecule has 65 heavy (non-hydrogen) atoms. The molecule has 9 rings (SSSR count). The summed E-state index contributed by atoms with van der Waals surface area (Å²) in [5, 5.41) is 165. The van der Waals surface area contributed by atoms with Gasteiger partial charge < -0.3 is 90.8 Å². The van der Waals surface area contributed by atoms with Gasteiger partial charge in [-0.25, -0.2) is 0 Å². The topological polar surface area (TPSA) is 331 Å². The third-order valence-electron chi connectivity index (χ3n) is 12.4. The summed E-state index contributed by atoms with van der Waals surface area (Å²) < 4.78 is 18.5. The van der Waals surface area contributed by atoms with Crippen molar-refractivity contribution < 1.29 is 90.8 Å². The molecule has 18 nitrogen and oxygen atoms in total. The number of hydrogen-bond donors (Lipinski definition) is 15. The van der Waals surface area contributed by atoms with E-state index in [9.17, 15) is 76.6 Å². The maximum atomic E-state index is 12.6. The first-order chi connectivity index (χ1) is 30.9. The molecule has 0 radical (unpaired) electrons. The number of benzene rings is 6. The van der Waals surface area contributed by atoms with E-state index in [1.807, 2.05) is 0 Å². The number of rotatable bonds is 7. The van der Waals surface area contributed by atoms with Crippen molar-refractivity contribution in [3.05, 3.63) is 123 Å². The van der Waals surface area contributed by atoms with Gasteiger partial charge in [0.1, 0.15) is 70.1 Å². The minimum absolute atomic E-state index is 0.0355. The summed E-state index contributed by atoms with van der Waals surface area (Å²) in [5.41, 5.74) is -0.0385. The van der Waals surface area contributed by atoms with Gasteiger partial charge in [0.2, 0.25) is 0 Å². The summed E-state index contributed by atoms with van der Waals surface area (Å²) in [6.45, 7) is 0. The number of hydrogen-bond acceptors (Lipinski definition) is 18. The van der Waals surface area contributed by atoms with Crippen LogP contribution < -0.4 is 14.2 Å². The molecule has 0 bridgehead atoms. The predicted molar refractivity (Wildman–Crippen MR) is 223 cm³/mol. The number of aliphatic hydroxyl groups excluding tert-OH is 3. The molecule has 0 saturated carbocycles. The molecule has 338 valence electrons. The van der Waals surface area contributed by atoms with E-state index in [1.165, 1.54) is 36.4 Å². The van der Waals surface area contributed by atoms with Crippen molar-refractivity contribution >= 4 is 0 Å². The molecule has 3 heterocycles. The fourth-order valence-electron chi connectivity index (χ4n) is 9.28. The Morgan fingerprint density at radius 2 is 0.831 bits per heavy atom. The lowest BCUT2D eigenvalue weighted by atomic mass is 9.76. The molecular weight excluding hydrogens is 852 g/mol. The zero-order valence-corrected chi connectivity index (χ0v) is 33.7. The molecule has 0 fully saturated rings. The van der Waals surface area contributed by atoms with Crippen molar-refractivity contribution in [2.75, 3.05) is 0 Å². The number of ether oxygens (including phenoxy) is 3. The standard InChI is InChI=1S/C47H42O18/c48-20-10-33(56)38-22(42(61)45(63-36(38)12-20)18-2-5-28(51)31(54)8-18)14-24-40(59)25(47-26(41(24)60)16-35(58)44(65-47)17-1-4-27(50)30(53)7-17)15-23-39-34(57)11-21(49)13-37(39)64-46(43(23)62)19-3-6-29(52)32(55)9-19/h1-13,22-23,35,42-46,48-62H,14-16H2. The average Bonchev–Trinajstić information content (AvgIpc) is 3.25. The van der Waals surface area contributed by atoms with Crippen LogP contribution in [0.5, 0.6) is 86.2 Å². The number of phenols is 12. The number of phenolic OH excluding ortho intramolecular Hbond substituents is 12. The van der Waals surface area contributed by atoms with Crippen molar-refractivity contribution in [1.29, 1.82) is 0 Å². The van der Waals surface area contributed by atoms with Gasteiger partial charge in [0.05, 0.1) is 6.10 Å². The maximum Gasteiger partial charge on any atom is 0.157 e. The summed E-state index contributed by atoms with van der Waals surface area (Å²) >= 11 is 0. The molecule has 15 N–H and O–H groups in total. The molecule has 0 amide bonds. The average molecular weight is 895 g/mol. The molecular formula is C47H42O18. The Kier molecular flexibility index (Phi) is 10.3. The van der Waals surface area contributed by atoms with E-state index in [0.29, 0.717) is 0 Å². The van der Waals surface area contributed by atoms with E-state index in [-0.39, 0.29) is 68.2 Å². The second kappa shape index (κ2) is 15.8. The van der Waals surface area contributed by atoms with E-state index in [4.69, 9.17) is 14.2 Å². The quantitative estimate of drug-likeness (QED) is 0.0954. The van der Waals surface area contributed by atoms with Crippen molar-refractivity contribution in [3.63, 3.8) is 0 Å². The Balaban J connectivity index is 1.22. The van der Waals surface area contributed by atoms with Crippen molar-refractivity contribution in [2.45, 2.75) is 67.7 Å². The van der Waals surface area contributed by atoms with Crippen LogP contribution in [-0.2, 0) is 19.3 Å². The number of fused-ring (bicyclic) bond motifs is 3. The number of aliphatic hydroxyl groups is 3. The highest BCUT2D eigenvalue weighted by molar-refractivity contribution is 5.66. The molecule has 8 atom stereocenters. The van der Waals surface area contributed by atoms with Crippen LogP contribution >= 0.6 is 0 Å². The van der Waals surface area contributed by atoms with Crippen molar-refractivity contribution in [2.24, 2.45) is 0 Å². The highest BCUT2D eigenvalue weighted by Crippen LogP contribution is 2.57. The SMILES string of the molecule is Oc1cc(O)c2c(c1)OC(c1ccc(O)c(O)c1)C(O)C2Cc1c(O)c2c(c(CC3c4c(O)cc(O)cc4OC(c4ccc(O)c(O)c4)C3O)c1O)OC(c1ccc(O)c(O)c1)C(O)C2. The van der Waals surface area contributed by atoms with Gasteiger partial charge in [-0.3, -0.25) is 0 Å². The first-order valence-electron chi connectivity index (χ1n) is 20.2. The lowest BCUT2D eigenvalue weighted by Gasteiger charge is -2.40. The zero-order chi connectivity index (χ0) is 46.3. The van der Waals surface area contributed by atoms with Gasteiger partial charge >= 0.3 is 0 Å². The molecule has 0 aliphatic carbocycles. The summed E-state index contributed by atoms with van der Waals surface area (Å²) in [6, 6.07) is 15.4. The van der Waals surface area contributed by atoms with Crippen LogP contribution in [0.4, 0.5) is 0 Å². The van der Waals surface area contributed by atoms with Gasteiger partial charge in [-0.2, -0.15) is 0 Å². The molecule has 6 aromatic rings. The van der Waals surface area contributed by atoms with Crippen LogP contribution in [0.1, 0.15) is 74.7 Å². The van der Waals surface area contributed by atoms with Crippen LogP contribution in [0.2, 0.25) is 0 Å². The first kappa shape index (κ1) is 42.5. The van der Waals surface area contributed by atoms with Crippen molar-refractivity contribution in [1.82, 2.24) is 0 Å². The van der Waals surface area contributed by atoms with Crippen LogP contribution in [0.25, 0.3) is 0 Å². The fourth-order valence-corrected chi connectivity index (χ4v) is 9.28. The fraction of sp³-hybridized carbons (Fsp3) is 0.234. The monoisotopic (exact) mass is 894 g/mol. The van der Waals surface area contributed by atoms with E-state index < -0.39 is 130 Å². The molecule has 0 saturated heterocycles. The van der Waals surface area contributed by atoms with Gasteiger partial charge in [0, 0.05) is 70.3 Å². The maximum absolute atomic E-state index is 12.6. The third-order valence-corrected chi connectivity index (χ3v) is 12.4. The lowest BCUT2D eigenvalue weighted by Crippen LogP contribution is -2.36. The minimum atomic E-state index is -1.63. The molecule has 3 aliphatic rings. The molecule has 8 unspecified atom stereocenters. The molecule has 0 spiro atoms. The predicted octanol–water partition coefficient (Wildman–Crippen LogP) is 4.83.